The molecule has 0 aromatic carbocycles. The summed E-state index contributed by atoms with van der Waals surface area (Å²) in [7, 11) is 1.78. The molecule has 0 bridgehead atoms. The first-order valence-corrected chi connectivity index (χ1v) is 5.40. The van der Waals surface area contributed by atoms with Crippen molar-refractivity contribution in [1.29, 1.82) is 0 Å². The first kappa shape index (κ1) is 14.4. The SMILES string of the molecule is CC(C)OCCOCC(=O)N(C)C(C)C. The Labute approximate surface area is 92.5 Å². The largest absolute Gasteiger partial charge is 0.376 e. The predicted octanol–water partition coefficient (Wildman–Crippen LogP) is 1.29. The van der Waals surface area contributed by atoms with Gasteiger partial charge in [0.15, 0.2) is 0 Å². The molecule has 0 rings (SSSR count). The third-order valence-corrected chi connectivity index (χ3v) is 2.07. The summed E-state index contributed by atoms with van der Waals surface area (Å²) in [4.78, 5) is 13.1. The molecule has 0 heterocycles. The van der Waals surface area contributed by atoms with Crippen LogP contribution in [0.15, 0.2) is 0 Å². The van der Waals surface area contributed by atoms with E-state index < -0.39 is 0 Å². The normalized spacial score (nSPS) is 11.1. The van der Waals surface area contributed by atoms with Gasteiger partial charge in [-0.15, -0.1) is 0 Å². The highest BCUT2D eigenvalue weighted by Gasteiger charge is 2.11. The highest BCUT2D eigenvalue weighted by molar-refractivity contribution is 5.77. The molecule has 90 valence electrons. The first-order chi connectivity index (χ1) is 6.95. The van der Waals surface area contributed by atoms with Crippen molar-refractivity contribution in [3.05, 3.63) is 0 Å². The molecule has 0 saturated heterocycles. The lowest BCUT2D eigenvalue weighted by Crippen LogP contribution is -2.36. The van der Waals surface area contributed by atoms with Gasteiger partial charge in [0, 0.05) is 13.1 Å². The maximum Gasteiger partial charge on any atom is 0.248 e. The average molecular weight is 217 g/mol. The summed E-state index contributed by atoms with van der Waals surface area (Å²) in [6.45, 7) is 9.03. The molecule has 0 aliphatic rings. The molecular weight excluding hydrogens is 194 g/mol. The average Bonchev–Trinajstić information content (AvgIpc) is 2.15. The zero-order chi connectivity index (χ0) is 11.8. The van der Waals surface area contributed by atoms with Gasteiger partial charge in [-0.05, 0) is 27.7 Å². The van der Waals surface area contributed by atoms with Crippen LogP contribution < -0.4 is 0 Å². The quantitative estimate of drug-likeness (QED) is 0.603. The number of amides is 1. The summed E-state index contributed by atoms with van der Waals surface area (Å²) in [6, 6.07) is 0.216. The number of ether oxygens (including phenoxy) is 2. The molecule has 4 heteroatoms. The molecule has 0 aliphatic heterocycles. The summed E-state index contributed by atoms with van der Waals surface area (Å²) in [6.07, 6.45) is 0.211. The van der Waals surface area contributed by atoms with Gasteiger partial charge in [-0.1, -0.05) is 0 Å². The van der Waals surface area contributed by atoms with Crippen molar-refractivity contribution >= 4 is 5.91 Å². The van der Waals surface area contributed by atoms with E-state index in [-0.39, 0.29) is 24.7 Å². The Morgan fingerprint density at radius 3 is 2.27 bits per heavy atom. The maximum absolute atomic E-state index is 11.4. The van der Waals surface area contributed by atoms with Crippen LogP contribution in [0.2, 0.25) is 0 Å². The lowest BCUT2D eigenvalue weighted by atomic mass is 10.3. The summed E-state index contributed by atoms with van der Waals surface area (Å²) in [5, 5.41) is 0. The fourth-order valence-corrected chi connectivity index (χ4v) is 0.892. The van der Waals surface area contributed by atoms with Crippen LogP contribution in [0.5, 0.6) is 0 Å². The van der Waals surface area contributed by atoms with Crippen molar-refractivity contribution in [1.82, 2.24) is 4.90 Å². The second-order valence-electron chi connectivity index (χ2n) is 4.07. The van der Waals surface area contributed by atoms with Crippen LogP contribution in [0.25, 0.3) is 0 Å². The Balaban J connectivity index is 3.47. The van der Waals surface area contributed by atoms with Crippen LogP contribution in [-0.2, 0) is 14.3 Å². The number of hydrogen-bond donors (Lipinski definition) is 0. The van der Waals surface area contributed by atoms with Crippen molar-refractivity contribution in [2.24, 2.45) is 0 Å². The second-order valence-corrected chi connectivity index (χ2v) is 4.07. The van der Waals surface area contributed by atoms with Crippen LogP contribution in [0, 0.1) is 0 Å². The number of hydrogen-bond acceptors (Lipinski definition) is 3. The molecule has 0 aromatic rings. The predicted molar refractivity (Wildman–Crippen MR) is 59.8 cm³/mol. The van der Waals surface area contributed by atoms with Crippen molar-refractivity contribution < 1.29 is 14.3 Å². The molecule has 0 aliphatic carbocycles. The monoisotopic (exact) mass is 217 g/mol. The van der Waals surface area contributed by atoms with E-state index in [9.17, 15) is 4.79 Å². The molecule has 0 saturated carbocycles. The van der Waals surface area contributed by atoms with E-state index in [2.05, 4.69) is 0 Å². The summed E-state index contributed by atoms with van der Waals surface area (Å²) < 4.78 is 10.5. The highest BCUT2D eigenvalue weighted by atomic mass is 16.5. The van der Waals surface area contributed by atoms with E-state index in [4.69, 9.17) is 9.47 Å². The fourth-order valence-electron chi connectivity index (χ4n) is 0.892. The molecule has 0 unspecified atom stereocenters. The van der Waals surface area contributed by atoms with E-state index in [1.807, 2.05) is 27.7 Å². The minimum absolute atomic E-state index is 0.00884. The van der Waals surface area contributed by atoms with Gasteiger partial charge in [-0.25, -0.2) is 0 Å². The standard InChI is InChI=1S/C11H23NO3/c1-9(2)12(5)11(13)8-14-6-7-15-10(3)4/h9-10H,6-8H2,1-5H3. The molecular formula is C11H23NO3. The zero-order valence-corrected chi connectivity index (χ0v) is 10.4. The summed E-state index contributed by atoms with van der Waals surface area (Å²) in [5.41, 5.74) is 0. The van der Waals surface area contributed by atoms with Crippen molar-refractivity contribution in [3.63, 3.8) is 0 Å². The van der Waals surface area contributed by atoms with Crippen molar-refractivity contribution in [2.75, 3.05) is 26.9 Å². The molecule has 4 nitrogen and oxygen atoms in total. The van der Waals surface area contributed by atoms with E-state index in [0.29, 0.717) is 13.2 Å². The molecule has 0 radical (unpaired) electrons. The second kappa shape index (κ2) is 7.65. The van der Waals surface area contributed by atoms with Gasteiger partial charge in [0.1, 0.15) is 6.61 Å². The molecule has 15 heavy (non-hydrogen) atoms. The van der Waals surface area contributed by atoms with Gasteiger partial charge in [-0.2, -0.15) is 0 Å². The van der Waals surface area contributed by atoms with Crippen molar-refractivity contribution in [3.8, 4) is 0 Å². The lowest BCUT2D eigenvalue weighted by molar-refractivity contribution is -0.136. The molecule has 0 N–H and O–H groups in total. The Morgan fingerprint density at radius 1 is 1.20 bits per heavy atom. The van der Waals surface area contributed by atoms with E-state index >= 15 is 0 Å². The number of carbonyl (C=O) groups excluding carboxylic acids is 1. The molecule has 1 amide bonds. The number of nitrogens with zero attached hydrogens (tertiary/aromatic N) is 1. The van der Waals surface area contributed by atoms with Gasteiger partial charge >= 0.3 is 0 Å². The maximum atomic E-state index is 11.4. The summed E-state index contributed by atoms with van der Waals surface area (Å²) >= 11 is 0. The van der Waals surface area contributed by atoms with Gasteiger partial charge in [0.25, 0.3) is 0 Å². The van der Waals surface area contributed by atoms with Crippen LogP contribution >= 0.6 is 0 Å². The fraction of sp³-hybridized carbons (Fsp3) is 0.909. The minimum atomic E-state index is 0.00884. The number of carbonyl (C=O) groups is 1. The highest BCUT2D eigenvalue weighted by Crippen LogP contribution is 1.95. The smallest absolute Gasteiger partial charge is 0.248 e. The van der Waals surface area contributed by atoms with Crippen LogP contribution in [-0.4, -0.2) is 49.8 Å². The van der Waals surface area contributed by atoms with E-state index in [1.165, 1.54) is 0 Å². The van der Waals surface area contributed by atoms with Gasteiger partial charge in [-0.3, -0.25) is 4.79 Å². The van der Waals surface area contributed by atoms with Gasteiger partial charge in [0.2, 0.25) is 5.91 Å². The van der Waals surface area contributed by atoms with Crippen molar-refractivity contribution in [2.45, 2.75) is 39.8 Å². The van der Waals surface area contributed by atoms with Crippen LogP contribution in [0.3, 0.4) is 0 Å². The number of likely N-dealkylation sites (N-methyl/N-ethyl adjacent to an activating group) is 1. The topological polar surface area (TPSA) is 38.8 Å². The molecule has 0 aromatic heterocycles. The summed E-state index contributed by atoms with van der Waals surface area (Å²) in [5.74, 6) is 0.00884. The van der Waals surface area contributed by atoms with Gasteiger partial charge < -0.3 is 14.4 Å². The van der Waals surface area contributed by atoms with Crippen LogP contribution in [0.1, 0.15) is 27.7 Å². The third-order valence-electron chi connectivity index (χ3n) is 2.07. The Kier molecular flexibility index (Phi) is 7.34. The molecule has 0 spiro atoms. The number of rotatable bonds is 7. The lowest BCUT2D eigenvalue weighted by Gasteiger charge is -2.21. The van der Waals surface area contributed by atoms with Gasteiger partial charge in [0.05, 0.1) is 19.3 Å². The van der Waals surface area contributed by atoms with E-state index in [0.717, 1.165) is 0 Å². The van der Waals surface area contributed by atoms with Crippen LogP contribution in [0.4, 0.5) is 0 Å². The Morgan fingerprint density at radius 2 is 1.80 bits per heavy atom. The zero-order valence-electron chi connectivity index (χ0n) is 10.4. The molecule has 0 fully saturated rings. The van der Waals surface area contributed by atoms with E-state index in [1.54, 1.807) is 11.9 Å². The third kappa shape index (κ3) is 7.33. The molecule has 0 atom stereocenters. The Bertz CT molecular complexity index is 181. The Hall–Kier alpha value is -0.610. The minimum Gasteiger partial charge on any atom is -0.376 e. The first-order valence-electron chi connectivity index (χ1n) is 5.40.